The average molecular weight is 280 g/mol. The van der Waals surface area contributed by atoms with Crippen molar-refractivity contribution < 1.29 is 19.8 Å². The predicted octanol–water partition coefficient (Wildman–Crippen LogP) is -0.424. The number of hydrogen-bond donors (Lipinski definition) is 4. The number of Topliss-reactive ketones (excluding diaryl/α,β-unsaturated/α-hetero) is 1. The number of ketones is 1. The van der Waals surface area contributed by atoms with Crippen LogP contribution in [0.1, 0.15) is 12.0 Å². The summed E-state index contributed by atoms with van der Waals surface area (Å²) in [5.41, 5.74) is 6.63. The molecule has 20 heavy (non-hydrogen) atoms. The quantitative estimate of drug-likeness (QED) is 0.541. The van der Waals surface area contributed by atoms with Gasteiger partial charge in [-0.2, -0.15) is 0 Å². The van der Waals surface area contributed by atoms with Crippen molar-refractivity contribution in [3.05, 3.63) is 29.8 Å². The van der Waals surface area contributed by atoms with Crippen molar-refractivity contribution in [1.82, 2.24) is 5.32 Å². The number of carbonyl (C=O) groups excluding carboxylic acids is 2. The van der Waals surface area contributed by atoms with Gasteiger partial charge in [0.25, 0.3) is 0 Å². The Kier molecular flexibility index (Phi) is 6.14. The molecule has 0 saturated carbocycles. The Hall–Kier alpha value is -1.92. The molecule has 0 fully saturated rings. The van der Waals surface area contributed by atoms with Crippen LogP contribution in [0.3, 0.4) is 0 Å². The summed E-state index contributed by atoms with van der Waals surface area (Å²) in [7, 11) is 1.45. The second kappa shape index (κ2) is 7.62. The zero-order chi connectivity index (χ0) is 15.1. The number of hydrogen-bond acceptors (Lipinski definition) is 5. The van der Waals surface area contributed by atoms with Crippen LogP contribution in [0, 0.1) is 5.92 Å². The van der Waals surface area contributed by atoms with E-state index in [0.717, 1.165) is 5.56 Å². The highest BCUT2D eigenvalue weighted by atomic mass is 16.3. The van der Waals surface area contributed by atoms with E-state index in [1.807, 2.05) is 0 Å². The highest BCUT2D eigenvalue weighted by Gasteiger charge is 2.23. The first-order chi connectivity index (χ1) is 9.47. The van der Waals surface area contributed by atoms with Crippen molar-refractivity contribution in [1.29, 1.82) is 0 Å². The van der Waals surface area contributed by atoms with Gasteiger partial charge in [0.2, 0.25) is 5.91 Å². The number of nitrogens with one attached hydrogen (secondary N) is 1. The van der Waals surface area contributed by atoms with Crippen molar-refractivity contribution in [2.45, 2.75) is 18.9 Å². The number of aromatic hydroxyl groups is 1. The molecule has 0 aliphatic carbocycles. The van der Waals surface area contributed by atoms with E-state index in [0.29, 0.717) is 6.42 Å². The highest BCUT2D eigenvalue weighted by molar-refractivity contribution is 5.89. The number of benzene rings is 1. The van der Waals surface area contributed by atoms with Crippen molar-refractivity contribution in [2.24, 2.45) is 11.7 Å². The molecule has 1 rings (SSSR count). The fourth-order valence-corrected chi connectivity index (χ4v) is 1.84. The van der Waals surface area contributed by atoms with Gasteiger partial charge in [-0.1, -0.05) is 12.1 Å². The number of carbonyl (C=O) groups is 2. The Bertz CT molecular complexity index is 459. The van der Waals surface area contributed by atoms with E-state index in [9.17, 15) is 9.59 Å². The molecule has 1 aromatic carbocycles. The van der Waals surface area contributed by atoms with Crippen LogP contribution in [0.2, 0.25) is 0 Å². The van der Waals surface area contributed by atoms with Gasteiger partial charge in [-0.3, -0.25) is 9.59 Å². The number of nitrogens with two attached hydrogens (primary N) is 1. The van der Waals surface area contributed by atoms with Crippen LogP contribution in [0.5, 0.6) is 5.75 Å². The van der Waals surface area contributed by atoms with E-state index in [1.54, 1.807) is 12.1 Å². The van der Waals surface area contributed by atoms with Crippen molar-refractivity contribution in [2.75, 3.05) is 13.7 Å². The molecule has 1 unspecified atom stereocenters. The zero-order valence-electron chi connectivity index (χ0n) is 11.4. The molecule has 0 radical (unpaired) electrons. The van der Waals surface area contributed by atoms with E-state index in [4.69, 9.17) is 15.9 Å². The van der Waals surface area contributed by atoms with E-state index >= 15 is 0 Å². The van der Waals surface area contributed by atoms with Crippen LogP contribution in [-0.4, -0.2) is 41.6 Å². The Morgan fingerprint density at radius 2 is 1.90 bits per heavy atom. The number of phenols is 1. The zero-order valence-corrected chi connectivity index (χ0v) is 11.4. The third kappa shape index (κ3) is 4.64. The fourth-order valence-electron chi connectivity index (χ4n) is 1.84. The molecule has 0 spiro atoms. The number of phenolic OH excluding ortho intramolecular Hbond substituents is 1. The molecule has 1 aromatic rings. The molecular weight excluding hydrogens is 260 g/mol. The van der Waals surface area contributed by atoms with Gasteiger partial charge in [0.1, 0.15) is 5.75 Å². The second-order valence-electron chi connectivity index (χ2n) is 4.64. The van der Waals surface area contributed by atoms with E-state index in [1.165, 1.54) is 19.2 Å². The summed E-state index contributed by atoms with van der Waals surface area (Å²) >= 11 is 0. The highest BCUT2D eigenvalue weighted by Crippen LogP contribution is 2.12. The first-order valence-corrected chi connectivity index (χ1v) is 6.36. The lowest BCUT2D eigenvalue weighted by molar-refractivity contribution is -0.130. The minimum Gasteiger partial charge on any atom is -0.508 e. The van der Waals surface area contributed by atoms with Crippen LogP contribution < -0.4 is 11.1 Å². The number of aliphatic hydroxyl groups excluding tert-OH is 1. The molecule has 0 heterocycles. The third-order valence-corrected chi connectivity index (χ3v) is 3.09. The van der Waals surface area contributed by atoms with Crippen LogP contribution in [0.25, 0.3) is 0 Å². The van der Waals surface area contributed by atoms with Crippen LogP contribution in [-0.2, 0) is 16.0 Å². The number of rotatable bonds is 7. The molecule has 1 amide bonds. The molecule has 2 atom stereocenters. The van der Waals surface area contributed by atoms with Gasteiger partial charge >= 0.3 is 0 Å². The lowest BCUT2D eigenvalue weighted by Gasteiger charge is -2.15. The van der Waals surface area contributed by atoms with Crippen molar-refractivity contribution in [3.63, 3.8) is 0 Å². The molecule has 5 N–H and O–H groups in total. The van der Waals surface area contributed by atoms with Crippen molar-refractivity contribution in [3.8, 4) is 5.75 Å². The smallest absolute Gasteiger partial charge is 0.225 e. The molecule has 0 aromatic heterocycles. The van der Waals surface area contributed by atoms with E-state index < -0.39 is 18.6 Å². The second-order valence-corrected chi connectivity index (χ2v) is 4.64. The van der Waals surface area contributed by atoms with Gasteiger partial charge in [0, 0.05) is 13.5 Å². The summed E-state index contributed by atoms with van der Waals surface area (Å²) in [5, 5.41) is 20.7. The van der Waals surface area contributed by atoms with Crippen molar-refractivity contribution >= 4 is 11.7 Å². The molecule has 0 aliphatic rings. The molecule has 0 saturated heterocycles. The molecule has 0 aliphatic heterocycles. The van der Waals surface area contributed by atoms with Crippen LogP contribution >= 0.6 is 0 Å². The standard InChI is InChI=1S/C14H20N2O4/c1-16-14(20)10(8-17)7-13(19)12(15)6-9-2-4-11(18)5-3-9/h2-5,10,12,17-18H,6-8,15H2,1H3,(H,16,20)/t10?,12-/m0/s1. The van der Waals surface area contributed by atoms with Crippen LogP contribution in [0.4, 0.5) is 0 Å². The summed E-state index contributed by atoms with van der Waals surface area (Å²) in [6.07, 6.45) is 0.237. The molecule has 0 bridgehead atoms. The first-order valence-electron chi connectivity index (χ1n) is 6.36. The molecule has 110 valence electrons. The van der Waals surface area contributed by atoms with Gasteiger partial charge in [-0.25, -0.2) is 0 Å². The van der Waals surface area contributed by atoms with Gasteiger partial charge < -0.3 is 21.3 Å². The topological polar surface area (TPSA) is 113 Å². The average Bonchev–Trinajstić information content (AvgIpc) is 2.45. The maximum Gasteiger partial charge on any atom is 0.225 e. The van der Waals surface area contributed by atoms with Gasteiger partial charge in [0.05, 0.1) is 18.6 Å². The monoisotopic (exact) mass is 280 g/mol. The summed E-state index contributed by atoms with van der Waals surface area (Å²) in [5.74, 6) is -1.27. The summed E-state index contributed by atoms with van der Waals surface area (Å²) < 4.78 is 0. The first kappa shape index (κ1) is 16.1. The molecule has 6 nitrogen and oxygen atoms in total. The Balaban J connectivity index is 2.58. The van der Waals surface area contributed by atoms with Gasteiger partial charge in [-0.05, 0) is 24.1 Å². The number of amides is 1. The fraction of sp³-hybridized carbons (Fsp3) is 0.429. The summed E-state index contributed by atoms with van der Waals surface area (Å²) in [6, 6.07) is 5.68. The molecule has 6 heteroatoms. The lowest BCUT2D eigenvalue weighted by atomic mass is 9.95. The largest absolute Gasteiger partial charge is 0.508 e. The summed E-state index contributed by atoms with van der Waals surface area (Å²) in [4.78, 5) is 23.3. The van der Waals surface area contributed by atoms with Gasteiger partial charge in [0.15, 0.2) is 5.78 Å². The number of aliphatic hydroxyl groups is 1. The third-order valence-electron chi connectivity index (χ3n) is 3.09. The Morgan fingerprint density at radius 1 is 1.30 bits per heavy atom. The summed E-state index contributed by atoms with van der Waals surface area (Å²) in [6.45, 7) is -0.392. The maximum absolute atomic E-state index is 11.9. The normalized spacial score (nSPS) is 13.6. The maximum atomic E-state index is 11.9. The minimum atomic E-state index is -0.765. The van der Waals surface area contributed by atoms with Crippen LogP contribution in [0.15, 0.2) is 24.3 Å². The lowest BCUT2D eigenvalue weighted by Crippen LogP contribution is -2.38. The Labute approximate surface area is 117 Å². The molecular formula is C14H20N2O4. The SMILES string of the molecule is CNC(=O)C(CO)CC(=O)[C@@H](N)Cc1ccc(O)cc1. The van der Waals surface area contributed by atoms with Gasteiger partial charge in [-0.15, -0.1) is 0 Å². The van der Waals surface area contributed by atoms with E-state index in [-0.39, 0.29) is 23.9 Å². The predicted molar refractivity (Wildman–Crippen MR) is 74.1 cm³/mol. The Morgan fingerprint density at radius 3 is 2.40 bits per heavy atom. The minimum absolute atomic E-state index is 0.0879. The van der Waals surface area contributed by atoms with E-state index in [2.05, 4.69) is 5.32 Å².